The number of aromatic nitrogens is 4. The molecule has 134 valence electrons. The average Bonchev–Trinajstić information content (AvgIpc) is 3.28. The van der Waals surface area contributed by atoms with Crippen LogP contribution in [0.1, 0.15) is 11.1 Å². The van der Waals surface area contributed by atoms with E-state index in [1.54, 1.807) is 24.3 Å². The highest BCUT2D eigenvalue weighted by molar-refractivity contribution is 7.98. The Labute approximate surface area is 162 Å². The number of thioether (sulfide) groups is 1. The summed E-state index contributed by atoms with van der Waals surface area (Å²) in [7, 11) is 0. The zero-order chi connectivity index (χ0) is 18.3. The minimum atomic E-state index is 0.577. The second-order valence-electron chi connectivity index (χ2n) is 5.91. The summed E-state index contributed by atoms with van der Waals surface area (Å²) in [6, 6.07) is 22.3. The standard InChI is InChI=1S/C21H18N4OS/c1-2-4-17(5-3-1)14-26-19-8-6-18(7-9-19)15-27-21-11-10-20(23-24-21)25-13-12-22-16-25/h1-13,16H,14-15H2. The summed E-state index contributed by atoms with van der Waals surface area (Å²) in [5.41, 5.74) is 2.38. The monoisotopic (exact) mass is 374 g/mol. The Morgan fingerprint density at radius 2 is 1.70 bits per heavy atom. The Bertz CT molecular complexity index is 956. The highest BCUT2D eigenvalue weighted by Crippen LogP contribution is 2.22. The molecular weight excluding hydrogens is 356 g/mol. The molecule has 0 aliphatic carbocycles. The van der Waals surface area contributed by atoms with Crippen LogP contribution in [0.4, 0.5) is 0 Å². The van der Waals surface area contributed by atoms with Crippen molar-refractivity contribution in [3.8, 4) is 11.6 Å². The van der Waals surface area contributed by atoms with Crippen LogP contribution in [0.25, 0.3) is 5.82 Å². The van der Waals surface area contributed by atoms with Gasteiger partial charge in [-0.15, -0.1) is 10.2 Å². The summed E-state index contributed by atoms with van der Waals surface area (Å²) in [6.07, 6.45) is 5.27. The van der Waals surface area contributed by atoms with Gasteiger partial charge in [-0.05, 0) is 35.4 Å². The highest BCUT2D eigenvalue weighted by Gasteiger charge is 2.02. The zero-order valence-corrected chi connectivity index (χ0v) is 15.4. The van der Waals surface area contributed by atoms with Crippen molar-refractivity contribution in [2.45, 2.75) is 17.4 Å². The van der Waals surface area contributed by atoms with Crippen LogP contribution in [-0.4, -0.2) is 19.7 Å². The predicted molar refractivity (Wildman–Crippen MR) is 106 cm³/mol. The Balaban J connectivity index is 1.29. The molecule has 0 spiro atoms. The minimum absolute atomic E-state index is 0.577. The van der Waals surface area contributed by atoms with Crippen molar-refractivity contribution in [1.82, 2.24) is 19.7 Å². The SMILES string of the molecule is c1ccc(COc2ccc(CSc3ccc(-n4ccnc4)nn3)cc2)cc1. The van der Waals surface area contributed by atoms with Gasteiger partial charge in [0.05, 0.1) is 0 Å². The maximum absolute atomic E-state index is 5.82. The normalized spacial score (nSPS) is 10.7. The van der Waals surface area contributed by atoms with Gasteiger partial charge in [-0.3, -0.25) is 4.57 Å². The van der Waals surface area contributed by atoms with Crippen LogP contribution in [0.2, 0.25) is 0 Å². The van der Waals surface area contributed by atoms with E-state index in [1.165, 1.54) is 5.56 Å². The molecule has 2 heterocycles. The lowest BCUT2D eigenvalue weighted by molar-refractivity contribution is 0.306. The lowest BCUT2D eigenvalue weighted by Crippen LogP contribution is -1.97. The summed E-state index contributed by atoms with van der Waals surface area (Å²) in [4.78, 5) is 4.01. The maximum atomic E-state index is 5.82. The third-order valence-electron chi connectivity index (χ3n) is 3.95. The Kier molecular flexibility index (Phi) is 5.45. The molecule has 0 saturated heterocycles. The van der Waals surface area contributed by atoms with E-state index in [-0.39, 0.29) is 0 Å². The first-order valence-corrected chi connectivity index (χ1v) is 9.56. The summed E-state index contributed by atoms with van der Waals surface area (Å²) in [5.74, 6) is 2.46. The molecule has 0 aliphatic heterocycles. The number of hydrogen-bond acceptors (Lipinski definition) is 5. The van der Waals surface area contributed by atoms with Gasteiger partial charge in [0.25, 0.3) is 0 Å². The molecule has 0 aliphatic rings. The van der Waals surface area contributed by atoms with Crippen molar-refractivity contribution in [3.63, 3.8) is 0 Å². The van der Waals surface area contributed by atoms with E-state index in [1.807, 2.05) is 53.2 Å². The first-order chi connectivity index (χ1) is 13.4. The van der Waals surface area contributed by atoms with Crippen molar-refractivity contribution in [2.24, 2.45) is 0 Å². The topological polar surface area (TPSA) is 52.8 Å². The number of nitrogens with zero attached hydrogens (tertiary/aromatic N) is 4. The molecule has 2 aromatic heterocycles. The molecule has 27 heavy (non-hydrogen) atoms. The van der Waals surface area contributed by atoms with E-state index >= 15 is 0 Å². The van der Waals surface area contributed by atoms with Crippen molar-refractivity contribution in [3.05, 3.63) is 96.6 Å². The van der Waals surface area contributed by atoms with Crippen molar-refractivity contribution in [2.75, 3.05) is 0 Å². The lowest BCUT2D eigenvalue weighted by atomic mass is 10.2. The summed E-state index contributed by atoms with van der Waals surface area (Å²) >= 11 is 1.66. The van der Waals surface area contributed by atoms with Crippen LogP contribution in [0, 0.1) is 0 Å². The van der Waals surface area contributed by atoms with Gasteiger partial charge in [-0.1, -0.05) is 54.2 Å². The molecule has 2 aromatic carbocycles. The van der Waals surface area contributed by atoms with Crippen molar-refractivity contribution < 1.29 is 4.74 Å². The van der Waals surface area contributed by atoms with Crippen LogP contribution in [0.15, 0.2) is 90.5 Å². The largest absolute Gasteiger partial charge is 0.489 e. The third-order valence-corrected chi connectivity index (χ3v) is 4.94. The van der Waals surface area contributed by atoms with Gasteiger partial charge in [-0.2, -0.15) is 0 Å². The number of ether oxygens (including phenoxy) is 1. The number of rotatable bonds is 7. The smallest absolute Gasteiger partial charge is 0.160 e. The Morgan fingerprint density at radius 3 is 2.41 bits per heavy atom. The van der Waals surface area contributed by atoms with Gasteiger partial charge < -0.3 is 4.74 Å². The summed E-state index contributed by atoms with van der Waals surface area (Å²) in [5, 5.41) is 9.39. The quantitative estimate of drug-likeness (QED) is 0.445. The molecule has 0 bridgehead atoms. The molecule has 0 fully saturated rings. The van der Waals surface area contributed by atoms with E-state index in [0.29, 0.717) is 6.61 Å². The van der Waals surface area contributed by atoms with Crippen molar-refractivity contribution >= 4 is 11.8 Å². The first kappa shape index (κ1) is 17.3. The van der Waals surface area contributed by atoms with Gasteiger partial charge in [0, 0.05) is 18.1 Å². The molecule has 4 rings (SSSR count). The number of hydrogen-bond donors (Lipinski definition) is 0. The molecule has 0 atom stereocenters. The van der Waals surface area contributed by atoms with E-state index in [4.69, 9.17) is 4.74 Å². The predicted octanol–water partition coefficient (Wildman–Crippen LogP) is 4.53. The first-order valence-electron chi connectivity index (χ1n) is 8.57. The second kappa shape index (κ2) is 8.51. The van der Waals surface area contributed by atoms with Crippen LogP contribution in [0.3, 0.4) is 0 Å². The third kappa shape index (κ3) is 4.74. The van der Waals surface area contributed by atoms with Gasteiger partial charge in [0.15, 0.2) is 5.82 Å². The van der Waals surface area contributed by atoms with E-state index in [2.05, 4.69) is 39.4 Å². The van der Waals surface area contributed by atoms with Crippen LogP contribution in [-0.2, 0) is 12.4 Å². The second-order valence-corrected chi connectivity index (χ2v) is 6.90. The van der Waals surface area contributed by atoms with Gasteiger partial charge in [0.2, 0.25) is 0 Å². The minimum Gasteiger partial charge on any atom is -0.489 e. The molecule has 5 nitrogen and oxygen atoms in total. The van der Waals surface area contributed by atoms with E-state index in [0.717, 1.165) is 27.9 Å². The molecule has 6 heteroatoms. The van der Waals surface area contributed by atoms with E-state index < -0.39 is 0 Å². The fourth-order valence-corrected chi connectivity index (χ4v) is 3.27. The molecule has 0 unspecified atom stereocenters. The molecule has 0 radical (unpaired) electrons. The maximum Gasteiger partial charge on any atom is 0.160 e. The van der Waals surface area contributed by atoms with E-state index in [9.17, 15) is 0 Å². The highest BCUT2D eigenvalue weighted by atomic mass is 32.2. The van der Waals surface area contributed by atoms with Crippen molar-refractivity contribution in [1.29, 1.82) is 0 Å². The lowest BCUT2D eigenvalue weighted by Gasteiger charge is -2.07. The van der Waals surface area contributed by atoms with Crippen LogP contribution >= 0.6 is 11.8 Å². The fraction of sp³-hybridized carbons (Fsp3) is 0.0952. The summed E-state index contributed by atoms with van der Waals surface area (Å²) in [6.45, 7) is 0.577. The Morgan fingerprint density at radius 1 is 0.852 bits per heavy atom. The van der Waals surface area contributed by atoms with Crippen LogP contribution < -0.4 is 4.74 Å². The van der Waals surface area contributed by atoms with Gasteiger partial charge in [0.1, 0.15) is 23.7 Å². The zero-order valence-electron chi connectivity index (χ0n) is 14.6. The Hall–Kier alpha value is -3.12. The van der Waals surface area contributed by atoms with Gasteiger partial charge >= 0.3 is 0 Å². The molecule has 0 saturated carbocycles. The van der Waals surface area contributed by atoms with Gasteiger partial charge in [-0.25, -0.2) is 4.98 Å². The van der Waals surface area contributed by atoms with Crippen LogP contribution in [0.5, 0.6) is 5.75 Å². The molecule has 4 aromatic rings. The number of benzene rings is 2. The average molecular weight is 374 g/mol. The summed E-state index contributed by atoms with van der Waals surface area (Å²) < 4.78 is 7.65. The molecule has 0 amide bonds. The molecule has 0 N–H and O–H groups in total. The fourth-order valence-electron chi connectivity index (χ4n) is 2.50. The number of imidazole rings is 1. The molecular formula is C21H18N4OS.